The summed E-state index contributed by atoms with van der Waals surface area (Å²) < 4.78 is 12.8. The van der Waals surface area contributed by atoms with Crippen molar-refractivity contribution in [3.8, 4) is 11.5 Å². The van der Waals surface area contributed by atoms with Gasteiger partial charge in [-0.2, -0.15) is 5.10 Å². The van der Waals surface area contributed by atoms with Crippen LogP contribution >= 0.6 is 23.2 Å². The van der Waals surface area contributed by atoms with Gasteiger partial charge in [-0.3, -0.25) is 9.48 Å². The topological polar surface area (TPSA) is 53.4 Å². The second kappa shape index (κ2) is 8.95. The number of hydrogen-bond donors (Lipinski definition) is 0. The molecule has 0 aliphatic heterocycles. The number of carbonyl (C=O) groups is 1. The van der Waals surface area contributed by atoms with Crippen LogP contribution in [-0.4, -0.2) is 22.7 Å². The van der Waals surface area contributed by atoms with E-state index in [1.165, 1.54) is 6.08 Å². The summed E-state index contributed by atoms with van der Waals surface area (Å²) in [6, 6.07) is 12.3. The normalized spacial score (nSPS) is 11.0. The average molecular weight is 417 g/mol. The summed E-state index contributed by atoms with van der Waals surface area (Å²) in [5.74, 6) is 1.04. The molecule has 144 valence electrons. The molecule has 0 aliphatic carbocycles. The minimum Gasteiger partial charge on any atom is -0.496 e. The van der Waals surface area contributed by atoms with Crippen molar-refractivity contribution in [1.82, 2.24) is 9.78 Å². The highest BCUT2D eigenvalue weighted by Gasteiger charge is 2.09. The van der Waals surface area contributed by atoms with Crippen LogP contribution in [0.15, 0.2) is 54.7 Å². The second-order valence-electron chi connectivity index (χ2n) is 6.01. The van der Waals surface area contributed by atoms with Gasteiger partial charge in [0.05, 0.1) is 12.1 Å². The molecule has 0 atom stereocenters. The van der Waals surface area contributed by atoms with Crippen LogP contribution in [0.25, 0.3) is 6.08 Å². The number of methoxy groups -OCH3 is 1. The summed E-state index contributed by atoms with van der Waals surface area (Å²) >= 11 is 12.1. The summed E-state index contributed by atoms with van der Waals surface area (Å²) in [5, 5.41) is 5.07. The molecule has 7 heteroatoms. The van der Waals surface area contributed by atoms with Gasteiger partial charge in [-0.05, 0) is 48.0 Å². The van der Waals surface area contributed by atoms with Gasteiger partial charge in [-0.15, -0.1) is 0 Å². The SMILES string of the molecule is COc1ccc(/C=C/C(=O)c2ccn(C)n2)cc1COc1ccc(Cl)cc1Cl. The zero-order chi connectivity index (χ0) is 20.1. The van der Waals surface area contributed by atoms with Crippen LogP contribution < -0.4 is 9.47 Å². The number of carbonyl (C=O) groups excluding carboxylic acids is 1. The maximum Gasteiger partial charge on any atom is 0.206 e. The third-order valence-corrected chi connectivity index (χ3v) is 4.51. The van der Waals surface area contributed by atoms with Crippen LogP contribution in [0.2, 0.25) is 10.0 Å². The number of halogens is 2. The largest absolute Gasteiger partial charge is 0.496 e. The minimum atomic E-state index is -0.165. The van der Waals surface area contributed by atoms with E-state index in [1.54, 1.807) is 55.4 Å². The van der Waals surface area contributed by atoms with Gasteiger partial charge in [0.25, 0.3) is 0 Å². The molecule has 0 spiro atoms. The molecule has 3 aromatic rings. The summed E-state index contributed by atoms with van der Waals surface area (Å²) in [4.78, 5) is 12.2. The number of ketones is 1. The van der Waals surface area contributed by atoms with E-state index in [4.69, 9.17) is 32.7 Å². The molecule has 5 nitrogen and oxygen atoms in total. The Bertz CT molecular complexity index is 1030. The molecule has 0 saturated carbocycles. The number of rotatable bonds is 7. The number of ether oxygens (including phenoxy) is 2. The molecule has 2 aromatic carbocycles. The van der Waals surface area contributed by atoms with Gasteiger partial charge in [-0.25, -0.2) is 0 Å². The number of hydrogen-bond acceptors (Lipinski definition) is 4. The quantitative estimate of drug-likeness (QED) is 0.391. The Morgan fingerprint density at radius 2 is 1.93 bits per heavy atom. The van der Waals surface area contributed by atoms with Crippen molar-refractivity contribution in [2.45, 2.75) is 6.61 Å². The molecule has 0 unspecified atom stereocenters. The molecule has 1 aromatic heterocycles. The van der Waals surface area contributed by atoms with E-state index in [0.717, 1.165) is 11.1 Å². The number of allylic oxidation sites excluding steroid dienone is 1. The Balaban J connectivity index is 1.75. The van der Waals surface area contributed by atoms with Crippen molar-refractivity contribution < 1.29 is 14.3 Å². The minimum absolute atomic E-state index is 0.165. The molecule has 0 radical (unpaired) electrons. The Labute approximate surface area is 173 Å². The highest BCUT2D eigenvalue weighted by Crippen LogP contribution is 2.29. The number of benzene rings is 2. The molecule has 3 rings (SSSR count). The molecule has 0 N–H and O–H groups in total. The zero-order valence-electron chi connectivity index (χ0n) is 15.4. The first-order valence-corrected chi connectivity index (χ1v) is 9.18. The lowest BCUT2D eigenvalue weighted by molar-refractivity contribution is 0.104. The van der Waals surface area contributed by atoms with E-state index in [-0.39, 0.29) is 12.4 Å². The highest BCUT2D eigenvalue weighted by molar-refractivity contribution is 6.35. The van der Waals surface area contributed by atoms with Gasteiger partial charge >= 0.3 is 0 Å². The van der Waals surface area contributed by atoms with Crippen molar-refractivity contribution in [2.75, 3.05) is 7.11 Å². The number of nitrogens with zero attached hydrogens (tertiary/aromatic N) is 2. The van der Waals surface area contributed by atoms with Crippen LogP contribution in [0.3, 0.4) is 0 Å². The van der Waals surface area contributed by atoms with Crippen molar-refractivity contribution in [1.29, 1.82) is 0 Å². The van der Waals surface area contributed by atoms with E-state index in [1.807, 2.05) is 18.2 Å². The first-order chi connectivity index (χ1) is 13.5. The number of aryl methyl sites for hydroxylation is 1. The molecule has 0 bridgehead atoms. The third kappa shape index (κ3) is 4.94. The molecular weight excluding hydrogens is 399 g/mol. The highest BCUT2D eigenvalue weighted by atomic mass is 35.5. The fourth-order valence-electron chi connectivity index (χ4n) is 2.57. The van der Waals surface area contributed by atoms with Gasteiger partial charge in [0.2, 0.25) is 5.78 Å². The monoisotopic (exact) mass is 416 g/mol. The molecular formula is C21H18Cl2N2O3. The maximum atomic E-state index is 12.2. The summed E-state index contributed by atoms with van der Waals surface area (Å²) in [5.41, 5.74) is 2.06. The fraction of sp³-hybridized carbons (Fsp3) is 0.143. The summed E-state index contributed by atoms with van der Waals surface area (Å²) in [7, 11) is 3.36. The van der Waals surface area contributed by atoms with Crippen LogP contribution in [0.1, 0.15) is 21.6 Å². The zero-order valence-corrected chi connectivity index (χ0v) is 16.9. The van der Waals surface area contributed by atoms with E-state index in [2.05, 4.69) is 5.10 Å². The molecule has 0 saturated heterocycles. The van der Waals surface area contributed by atoms with Gasteiger partial charge in [0, 0.05) is 23.8 Å². The Morgan fingerprint density at radius 3 is 2.61 bits per heavy atom. The predicted molar refractivity (Wildman–Crippen MR) is 110 cm³/mol. The van der Waals surface area contributed by atoms with E-state index in [0.29, 0.717) is 27.2 Å². The standard InChI is InChI=1S/C21H18Cl2N2O3/c1-25-10-9-18(24-25)19(26)6-3-14-4-7-20(27-2)15(11-14)13-28-21-8-5-16(22)12-17(21)23/h3-12H,13H2,1-2H3/b6-3+. The third-order valence-electron chi connectivity index (χ3n) is 3.97. The Morgan fingerprint density at radius 1 is 1.14 bits per heavy atom. The lowest BCUT2D eigenvalue weighted by atomic mass is 10.1. The van der Waals surface area contributed by atoms with Crippen LogP contribution in [0, 0.1) is 0 Å². The van der Waals surface area contributed by atoms with Crippen molar-refractivity contribution >= 4 is 35.1 Å². The Hall–Kier alpha value is -2.76. The lowest BCUT2D eigenvalue weighted by Gasteiger charge is -2.12. The van der Waals surface area contributed by atoms with E-state index in [9.17, 15) is 4.79 Å². The van der Waals surface area contributed by atoms with Crippen molar-refractivity contribution in [3.63, 3.8) is 0 Å². The summed E-state index contributed by atoms with van der Waals surface area (Å²) in [6.45, 7) is 0.250. The van der Waals surface area contributed by atoms with Gasteiger partial charge in [-0.1, -0.05) is 35.3 Å². The van der Waals surface area contributed by atoms with Crippen molar-refractivity contribution in [2.24, 2.45) is 7.05 Å². The average Bonchev–Trinajstić information content (AvgIpc) is 3.12. The Kier molecular flexibility index (Phi) is 6.39. The second-order valence-corrected chi connectivity index (χ2v) is 6.85. The van der Waals surface area contributed by atoms with Crippen molar-refractivity contribution in [3.05, 3.63) is 81.6 Å². The smallest absolute Gasteiger partial charge is 0.206 e. The predicted octanol–water partition coefficient (Wildman–Crippen LogP) is 5.21. The van der Waals surface area contributed by atoms with E-state index >= 15 is 0 Å². The maximum absolute atomic E-state index is 12.2. The molecule has 0 amide bonds. The number of aromatic nitrogens is 2. The van der Waals surface area contributed by atoms with Crippen LogP contribution in [0.5, 0.6) is 11.5 Å². The van der Waals surface area contributed by atoms with Gasteiger partial charge in [0.1, 0.15) is 23.8 Å². The molecule has 28 heavy (non-hydrogen) atoms. The first kappa shape index (κ1) is 20.0. The summed E-state index contributed by atoms with van der Waals surface area (Å²) in [6.07, 6.45) is 4.95. The molecule has 1 heterocycles. The fourth-order valence-corrected chi connectivity index (χ4v) is 3.03. The molecule has 0 aliphatic rings. The van der Waals surface area contributed by atoms with Gasteiger partial charge in [0.15, 0.2) is 0 Å². The first-order valence-electron chi connectivity index (χ1n) is 8.43. The van der Waals surface area contributed by atoms with E-state index < -0.39 is 0 Å². The van der Waals surface area contributed by atoms with Crippen LogP contribution in [-0.2, 0) is 13.7 Å². The lowest BCUT2D eigenvalue weighted by Crippen LogP contribution is -2.00. The van der Waals surface area contributed by atoms with Gasteiger partial charge < -0.3 is 9.47 Å². The van der Waals surface area contributed by atoms with Crippen LogP contribution in [0.4, 0.5) is 0 Å². The molecule has 0 fully saturated rings.